The van der Waals surface area contributed by atoms with Gasteiger partial charge in [0.05, 0.1) is 13.0 Å². The van der Waals surface area contributed by atoms with Gasteiger partial charge in [0.25, 0.3) is 0 Å². The molecule has 8 heteroatoms. The first-order valence-corrected chi connectivity index (χ1v) is 7.08. The molecule has 0 aromatic rings. The molecular formula is C13H22F3N3O2. The fourth-order valence-corrected chi connectivity index (χ4v) is 2.67. The first kappa shape index (κ1) is 17.7. The fraction of sp³-hybridized carbons (Fsp3) is 0.846. The number of alkyl halides is 3. The number of primary amides is 1. The molecule has 3 N–H and O–H groups in total. The second-order valence-corrected chi connectivity index (χ2v) is 5.50. The maximum atomic E-state index is 12.1. The molecule has 2 amide bonds. The third-order valence-corrected chi connectivity index (χ3v) is 3.54. The molecule has 2 atom stereocenters. The zero-order valence-corrected chi connectivity index (χ0v) is 12.1. The average molecular weight is 309 g/mol. The van der Waals surface area contributed by atoms with Gasteiger partial charge in [-0.1, -0.05) is 13.3 Å². The third kappa shape index (κ3) is 6.79. The monoisotopic (exact) mass is 309 g/mol. The molecule has 5 nitrogen and oxygen atoms in total. The Morgan fingerprint density at radius 1 is 1.33 bits per heavy atom. The lowest BCUT2D eigenvalue weighted by atomic mass is 9.98. The lowest BCUT2D eigenvalue weighted by Gasteiger charge is -2.19. The predicted molar refractivity (Wildman–Crippen MR) is 71.3 cm³/mol. The van der Waals surface area contributed by atoms with Crippen molar-refractivity contribution < 1.29 is 22.8 Å². The highest BCUT2D eigenvalue weighted by atomic mass is 19.4. The van der Waals surface area contributed by atoms with Crippen molar-refractivity contribution in [3.8, 4) is 0 Å². The van der Waals surface area contributed by atoms with Gasteiger partial charge in [-0.3, -0.25) is 14.5 Å². The summed E-state index contributed by atoms with van der Waals surface area (Å²) in [5.74, 6) is -0.905. The molecule has 1 heterocycles. The van der Waals surface area contributed by atoms with E-state index in [1.165, 1.54) is 0 Å². The van der Waals surface area contributed by atoms with Crippen molar-refractivity contribution >= 4 is 11.8 Å². The van der Waals surface area contributed by atoms with Crippen LogP contribution in [0.3, 0.4) is 0 Å². The number of nitrogens with two attached hydrogens (primary N) is 1. The number of carbonyl (C=O) groups excluding carboxylic acids is 2. The number of hydrogen-bond donors (Lipinski definition) is 2. The minimum atomic E-state index is -4.33. The Morgan fingerprint density at radius 3 is 2.52 bits per heavy atom. The highest BCUT2D eigenvalue weighted by Crippen LogP contribution is 2.23. The van der Waals surface area contributed by atoms with Crippen molar-refractivity contribution in [1.82, 2.24) is 10.2 Å². The molecule has 21 heavy (non-hydrogen) atoms. The molecular weight excluding hydrogens is 287 g/mol. The number of hydrogen-bond acceptors (Lipinski definition) is 3. The molecule has 1 aliphatic rings. The minimum absolute atomic E-state index is 0.106. The first-order chi connectivity index (χ1) is 9.71. The van der Waals surface area contributed by atoms with Crippen LogP contribution >= 0.6 is 0 Å². The Morgan fingerprint density at radius 2 is 2.00 bits per heavy atom. The van der Waals surface area contributed by atoms with Crippen molar-refractivity contribution in [2.45, 2.75) is 44.8 Å². The van der Waals surface area contributed by atoms with E-state index < -0.39 is 30.8 Å². The van der Waals surface area contributed by atoms with Gasteiger partial charge >= 0.3 is 6.18 Å². The number of amides is 2. The zero-order chi connectivity index (χ0) is 16.0. The molecule has 0 bridgehead atoms. The highest BCUT2D eigenvalue weighted by molar-refractivity contribution is 5.77. The molecule has 0 radical (unpaired) electrons. The number of likely N-dealkylation sites (tertiary alicyclic amines) is 1. The zero-order valence-electron chi connectivity index (χ0n) is 12.1. The van der Waals surface area contributed by atoms with Crippen molar-refractivity contribution in [3.63, 3.8) is 0 Å². The van der Waals surface area contributed by atoms with Crippen molar-refractivity contribution in [2.24, 2.45) is 11.7 Å². The van der Waals surface area contributed by atoms with Gasteiger partial charge in [0, 0.05) is 25.6 Å². The van der Waals surface area contributed by atoms with Crippen molar-refractivity contribution in [1.29, 1.82) is 0 Å². The molecule has 1 rings (SSSR count). The smallest absolute Gasteiger partial charge is 0.369 e. The second kappa shape index (κ2) is 7.63. The summed E-state index contributed by atoms with van der Waals surface area (Å²) in [4.78, 5) is 24.4. The van der Waals surface area contributed by atoms with E-state index in [9.17, 15) is 22.8 Å². The maximum absolute atomic E-state index is 12.1. The first-order valence-electron chi connectivity index (χ1n) is 7.08. The molecule has 0 aromatic carbocycles. The van der Waals surface area contributed by atoms with Crippen LogP contribution in [-0.4, -0.2) is 48.6 Å². The van der Waals surface area contributed by atoms with Crippen LogP contribution in [0, 0.1) is 5.92 Å². The Balaban J connectivity index is 2.50. The molecule has 1 aliphatic heterocycles. The third-order valence-electron chi connectivity index (χ3n) is 3.54. The largest absolute Gasteiger partial charge is 0.389 e. The Kier molecular flexibility index (Phi) is 6.44. The lowest BCUT2D eigenvalue weighted by Crippen LogP contribution is -2.41. The van der Waals surface area contributed by atoms with Crippen LogP contribution in [0.5, 0.6) is 0 Å². The number of nitrogens with zero attached hydrogens (tertiary/aromatic N) is 1. The van der Waals surface area contributed by atoms with Crippen molar-refractivity contribution in [3.05, 3.63) is 0 Å². The van der Waals surface area contributed by atoms with Gasteiger partial charge in [-0.15, -0.1) is 0 Å². The lowest BCUT2D eigenvalue weighted by molar-refractivity contribution is -0.144. The van der Waals surface area contributed by atoms with E-state index in [4.69, 9.17) is 5.73 Å². The number of halogens is 3. The van der Waals surface area contributed by atoms with Crippen LogP contribution in [0.25, 0.3) is 0 Å². The minimum Gasteiger partial charge on any atom is -0.369 e. The van der Waals surface area contributed by atoms with Crippen molar-refractivity contribution in [2.75, 3.05) is 19.6 Å². The van der Waals surface area contributed by atoms with Gasteiger partial charge in [0.15, 0.2) is 0 Å². The Hall–Kier alpha value is -1.31. The summed E-state index contributed by atoms with van der Waals surface area (Å²) in [6.07, 6.45) is -4.25. The van der Waals surface area contributed by atoms with Gasteiger partial charge in [0.2, 0.25) is 11.8 Å². The Bertz CT molecular complexity index is 374. The van der Waals surface area contributed by atoms with Gasteiger partial charge in [-0.25, -0.2) is 0 Å². The van der Waals surface area contributed by atoms with E-state index in [2.05, 4.69) is 5.32 Å². The molecule has 0 saturated carbocycles. The molecule has 122 valence electrons. The summed E-state index contributed by atoms with van der Waals surface area (Å²) < 4.78 is 36.3. The summed E-state index contributed by atoms with van der Waals surface area (Å²) in [7, 11) is 0. The number of rotatable bonds is 7. The van der Waals surface area contributed by atoms with E-state index >= 15 is 0 Å². The van der Waals surface area contributed by atoms with Gasteiger partial charge in [-0.2, -0.15) is 13.2 Å². The fourth-order valence-electron chi connectivity index (χ4n) is 2.67. The molecule has 0 aromatic heterocycles. The maximum Gasteiger partial charge on any atom is 0.389 e. The highest BCUT2D eigenvalue weighted by Gasteiger charge is 2.34. The summed E-state index contributed by atoms with van der Waals surface area (Å²) in [5, 5.41) is 2.66. The second-order valence-electron chi connectivity index (χ2n) is 5.50. The normalized spacial score (nSPS) is 23.2. The van der Waals surface area contributed by atoms with Crippen LogP contribution in [-0.2, 0) is 9.59 Å². The quantitative estimate of drug-likeness (QED) is 0.737. The number of nitrogens with one attached hydrogen (secondary N) is 1. The number of carbonyl (C=O) groups is 2. The molecule has 1 saturated heterocycles. The van der Waals surface area contributed by atoms with Gasteiger partial charge < -0.3 is 11.1 Å². The van der Waals surface area contributed by atoms with Crippen LogP contribution < -0.4 is 11.1 Å². The van der Waals surface area contributed by atoms with E-state index in [0.717, 1.165) is 12.8 Å². The Labute approximate surface area is 122 Å². The van der Waals surface area contributed by atoms with E-state index in [0.29, 0.717) is 13.1 Å². The summed E-state index contributed by atoms with van der Waals surface area (Å²) >= 11 is 0. The van der Waals surface area contributed by atoms with E-state index in [-0.39, 0.29) is 18.5 Å². The van der Waals surface area contributed by atoms with Crippen LogP contribution in [0.4, 0.5) is 13.2 Å². The molecule has 0 unspecified atom stereocenters. The topological polar surface area (TPSA) is 75.4 Å². The summed E-state index contributed by atoms with van der Waals surface area (Å²) in [6, 6.07) is -0.218. The van der Waals surface area contributed by atoms with Gasteiger partial charge in [-0.05, 0) is 12.3 Å². The summed E-state index contributed by atoms with van der Waals surface area (Å²) in [6.45, 7) is 3.18. The van der Waals surface area contributed by atoms with Crippen LogP contribution in [0.2, 0.25) is 0 Å². The standard InChI is InChI=1S/C13H22F3N3O2/c1-2-3-9-6-19(8-11(17)20)7-10(9)18-12(21)4-5-13(14,15)16/h9-10H,2-8H2,1H3,(H2,17,20)(H,18,21)/t9-,10-/m1/s1. The molecule has 0 aliphatic carbocycles. The van der Waals surface area contributed by atoms with E-state index in [1.807, 2.05) is 11.8 Å². The van der Waals surface area contributed by atoms with Crippen LogP contribution in [0.15, 0.2) is 0 Å². The molecule has 0 spiro atoms. The predicted octanol–water partition coefficient (Wildman–Crippen LogP) is 1.03. The van der Waals surface area contributed by atoms with Gasteiger partial charge in [0.1, 0.15) is 0 Å². The molecule has 1 fully saturated rings. The average Bonchev–Trinajstić information content (AvgIpc) is 2.67. The van der Waals surface area contributed by atoms with E-state index in [1.54, 1.807) is 0 Å². The van der Waals surface area contributed by atoms with Crippen LogP contribution in [0.1, 0.15) is 32.6 Å². The SMILES string of the molecule is CCC[C@@H]1CN(CC(N)=O)C[C@H]1NC(=O)CCC(F)(F)F. The summed E-state index contributed by atoms with van der Waals surface area (Å²) in [5.41, 5.74) is 5.14.